The van der Waals surface area contributed by atoms with Crippen LogP contribution >= 0.6 is 11.6 Å². The first-order chi connectivity index (χ1) is 8.20. The molecule has 4 nitrogen and oxygen atoms in total. The summed E-state index contributed by atoms with van der Waals surface area (Å²) in [6.07, 6.45) is 5.21. The number of nitrogens with one attached hydrogen (secondary N) is 1. The number of aromatic nitrogens is 2. The average Bonchev–Trinajstić information content (AvgIpc) is 2.38. The smallest absolute Gasteiger partial charge is 0.251 e. The molecule has 1 aliphatic carbocycles. The zero-order valence-corrected chi connectivity index (χ0v) is 10.7. The Morgan fingerprint density at radius 2 is 2.18 bits per heavy atom. The van der Waals surface area contributed by atoms with E-state index in [4.69, 9.17) is 16.3 Å². The molecule has 1 aromatic rings. The maximum atomic E-state index is 11.6. The number of halogens is 1. The number of ether oxygens (including phenoxy) is 1. The highest BCUT2D eigenvalue weighted by molar-refractivity contribution is 6.16. The van der Waals surface area contributed by atoms with Gasteiger partial charge in [-0.25, -0.2) is 4.98 Å². The molecule has 1 heterocycles. The highest BCUT2D eigenvalue weighted by Crippen LogP contribution is 2.37. The Balaban J connectivity index is 2.42. The van der Waals surface area contributed by atoms with E-state index in [1.807, 2.05) is 0 Å². The van der Waals surface area contributed by atoms with E-state index >= 15 is 0 Å². The number of nitrogens with zero attached hydrogens (tertiary/aromatic N) is 1. The molecule has 0 atom stereocenters. The standard InChI is InChI=1S/C12H17ClN2O2/c1-17-12(5-3-2-4-6-12)11-14-9(8-13)7-10(16)15-11/h7H,2-6,8H2,1H3,(H,14,15,16). The minimum Gasteiger partial charge on any atom is -0.370 e. The van der Waals surface area contributed by atoms with E-state index in [2.05, 4.69) is 9.97 Å². The summed E-state index contributed by atoms with van der Waals surface area (Å²) in [7, 11) is 1.68. The van der Waals surface area contributed by atoms with Gasteiger partial charge >= 0.3 is 0 Å². The lowest BCUT2D eigenvalue weighted by atomic mass is 9.84. The Bertz CT molecular complexity index is 438. The van der Waals surface area contributed by atoms with Crippen molar-refractivity contribution in [1.82, 2.24) is 9.97 Å². The number of hydrogen-bond acceptors (Lipinski definition) is 3. The summed E-state index contributed by atoms with van der Waals surface area (Å²) < 4.78 is 5.64. The third kappa shape index (κ3) is 2.53. The molecule has 2 rings (SSSR count). The fourth-order valence-electron chi connectivity index (χ4n) is 2.45. The van der Waals surface area contributed by atoms with Crippen molar-refractivity contribution in [2.45, 2.75) is 43.6 Å². The van der Waals surface area contributed by atoms with E-state index in [-0.39, 0.29) is 11.4 Å². The summed E-state index contributed by atoms with van der Waals surface area (Å²) in [4.78, 5) is 18.8. The average molecular weight is 257 g/mol. The largest absolute Gasteiger partial charge is 0.370 e. The van der Waals surface area contributed by atoms with Crippen LogP contribution in [0.25, 0.3) is 0 Å². The molecule has 0 radical (unpaired) electrons. The highest BCUT2D eigenvalue weighted by Gasteiger charge is 2.36. The second kappa shape index (κ2) is 5.19. The van der Waals surface area contributed by atoms with Crippen molar-refractivity contribution in [2.24, 2.45) is 0 Å². The Kier molecular flexibility index (Phi) is 3.84. The summed E-state index contributed by atoms with van der Waals surface area (Å²) in [5.74, 6) is 0.874. The topological polar surface area (TPSA) is 55.0 Å². The fraction of sp³-hybridized carbons (Fsp3) is 0.667. The number of aromatic amines is 1. The van der Waals surface area contributed by atoms with Gasteiger partial charge in [-0.1, -0.05) is 19.3 Å². The first-order valence-electron chi connectivity index (χ1n) is 5.92. The molecule has 1 fully saturated rings. The molecule has 0 bridgehead atoms. The molecule has 94 valence electrons. The number of H-pyrrole nitrogens is 1. The van der Waals surface area contributed by atoms with Gasteiger partial charge in [0.05, 0.1) is 11.6 Å². The molecule has 0 unspecified atom stereocenters. The van der Waals surface area contributed by atoms with Crippen molar-refractivity contribution < 1.29 is 4.74 Å². The van der Waals surface area contributed by atoms with Crippen LogP contribution in [0.5, 0.6) is 0 Å². The van der Waals surface area contributed by atoms with Crippen molar-refractivity contribution in [3.05, 3.63) is 27.9 Å². The third-order valence-corrected chi connectivity index (χ3v) is 3.69. The quantitative estimate of drug-likeness (QED) is 0.845. The second-order valence-corrected chi connectivity index (χ2v) is 4.75. The lowest BCUT2D eigenvalue weighted by Crippen LogP contribution is -2.35. The summed E-state index contributed by atoms with van der Waals surface area (Å²) in [6, 6.07) is 1.43. The lowest BCUT2D eigenvalue weighted by Gasteiger charge is -2.34. The summed E-state index contributed by atoms with van der Waals surface area (Å²) >= 11 is 5.74. The van der Waals surface area contributed by atoms with E-state index in [1.165, 1.54) is 12.5 Å². The van der Waals surface area contributed by atoms with Gasteiger partial charge in [0.15, 0.2) is 0 Å². The van der Waals surface area contributed by atoms with Gasteiger partial charge < -0.3 is 9.72 Å². The Labute approximate surface area is 105 Å². The first kappa shape index (κ1) is 12.6. The zero-order valence-electron chi connectivity index (χ0n) is 9.96. The molecular formula is C12H17ClN2O2. The second-order valence-electron chi connectivity index (χ2n) is 4.48. The van der Waals surface area contributed by atoms with Gasteiger partial charge in [-0.15, -0.1) is 11.6 Å². The fourth-order valence-corrected chi connectivity index (χ4v) is 2.59. The SMILES string of the molecule is COC1(c2nc(CCl)cc(=O)[nH]2)CCCCC1. The van der Waals surface area contributed by atoms with Crippen LogP contribution in [0.2, 0.25) is 0 Å². The van der Waals surface area contributed by atoms with E-state index in [1.54, 1.807) is 7.11 Å². The van der Waals surface area contributed by atoms with Crippen molar-refractivity contribution in [1.29, 1.82) is 0 Å². The number of alkyl halides is 1. The van der Waals surface area contributed by atoms with Crippen LogP contribution < -0.4 is 5.56 Å². The first-order valence-corrected chi connectivity index (χ1v) is 6.45. The minimum absolute atomic E-state index is 0.160. The van der Waals surface area contributed by atoms with Gasteiger partial charge in [0.1, 0.15) is 11.4 Å². The van der Waals surface area contributed by atoms with Crippen molar-refractivity contribution >= 4 is 11.6 Å². The lowest BCUT2D eigenvalue weighted by molar-refractivity contribution is -0.0517. The minimum atomic E-state index is -0.431. The van der Waals surface area contributed by atoms with Gasteiger partial charge in [-0.3, -0.25) is 4.79 Å². The van der Waals surface area contributed by atoms with E-state index < -0.39 is 5.60 Å². The maximum absolute atomic E-state index is 11.6. The monoisotopic (exact) mass is 256 g/mol. The molecule has 0 aromatic carbocycles. The molecule has 17 heavy (non-hydrogen) atoms. The van der Waals surface area contributed by atoms with Crippen LogP contribution in [0.1, 0.15) is 43.6 Å². The van der Waals surface area contributed by atoms with Gasteiger partial charge in [0, 0.05) is 13.2 Å². The molecule has 1 saturated carbocycles. The molecule has 5 heteroatoms. The van der Waals surface area contributed by atoms with E-state index in [0.717, 1.165) is 25.7 Å². The zero-order chi connectivity index (χ0) is 12.3. The van der Waals surface area contributed by atoms with E-state index in [0.29, 0.717) is 11.5 Å². The summed E-state index contributed by atoms with van der Waals surface area (Å²) in [6.45, 7) is 0. The molecule has 0 amide bonds. The van der Waals surface area contributed by atoms with Gasteiger partial charge in [-0.05, 0) is 12.8 Å². The molecule has 0 saturated heterocycles. The van der Waals surface area contributed by atoms with Gasteiger partial charge in [0.2, 0.25) is 0 Å². The molecule has 0 spiro atoms. The third-order valence-electron chi connectivity index (χ3n) is 3.42. The van der Waals surface area contributed by atoms with Crippen LogP contribution in [-0.2, 0) is 16.2 Å². The molecule has 1 N–H and O–H groups in total. The normalized spacial score (nSPS) is 19.2. The van der Waals surface area contributed by atoms with Crippen molar-refractivity contribution in [3.63, 3.8) is 0 Å². The van der Waals surface area contributed by atoms with E-state index in [9.17, 15) is 4.79 Å². The summed E-state index contributed by atoms with van der Waals surface area (Å²) in [5.41, 5.74) is 0.0134. The van der Waals surface area contributed by atoms with Crippen LogP contribution in [0, 0.1) is 0 Å². The number of rotatable bonds is 3. The van der Waals surface area contributed by atoms with Crippen molar-refractivity contribution in [2.75, 3.05) is 7.11 Å². The van der Waals surface area contributed by atoms with Crippen LogP contribution in [-0.4, -0.2) is 17.1 Å². The maximum Gasteiger partial charge on any atom is 0.251 e. The molecule has 0 aliphatic heterocycles. The molecule has 1 aromatic heterocycles. The Morgan fingerprint density at radius 1 is 1.47 bits per heavy atom. The van der Waals surface area contributed by atoms with Crippen LogP contribution in [0.15, 0.2) is 10.9 Å². The van der Waals surface area contributed by atoms with Crippen molar-refractivity contribution in [3.8, 4) is 0 Å². The molecular weight excluding hydrogens is 240 g/mol. The number of methoxy groups -OCH3 is 1. The van der Waals surface area contributed by atoms with Gasteiger partial charge in [0.25, 0.3) is 5.56 Å². The summed E-state index contributed by atoms with van der Waals surface area (Å²) in [5, 5.41) is 0. The predicted molar refractivity (Wildman–Crippen MR) is 66.2 cm³/mol. The van der Waals surface area contributed by atoms with Crippen LogP contribution in [0.4, 0.5) is 0 Å². The van der Waals surface area contributed by atoms with Gasteiger partial charge in [-0.2, -0.15) is 0 Å². The van der Waals surface area contributed by atoms with Crippen LogP contribution in [0.3, 0.4) is 0 Å². The number of hydrogen-bond donors (Lipinski definition) is 1. The highest BCUT2D eigenvalue weighted by atomic mass is 35.5. The Morgan fingerprint density at radius 3 is 2.76 bits per heavy atom. The Hall–Kier alpha value is -0.870. The molecule has 1 aliphatic rings. The predicted octanol–water partition coefficient (Wildman–Crippen LogP) is 2.31.